The summed E-state index contributed by atoms with van der Waals surface area (Å²) in [5.74, 6) is -1.96. The summed E-state index contributed by atoms with van der Waals surface area (Å²) in [6.45, 7) is 4.98. The number of ether oxygens (including phenoxy) is 2. The molecule has 10 heteroatoms. The van der Waals surface area contributed by atoms with Crippen molar-refractivity contribution in [3.05, 3.63) is 88.7 Å². The van der Waals surface area contributed by atoms with E-state index in [9.17, 15) is 19.5 Å². The van der Waals surface area contributed by atoms with Gasteiger partial charge >= 0.3 is 18.3 Å². The fraction of sp³-hybridized carbons (Fsp3) is 0.346. The molecule has 0 aliphatic heterocycles. The quantitative estimate of drug-likeness (QED) is 0.257. The van der Waals surface area contributed by atoms with Crippen molar-refractivity contribution in [2.75, 3.05) is 0 Å². The third-order valence-electron chi connectivity index (χ3n) is 4.73. The predicted octanol–water partition coefficient (Wildman–Crippen LogP) is 3.99. The van der Waals surface area contributed by atoms with Gasteiger partial charge in [0.2, 0.25) is 11.3 Å². The number of amides is 2. The number of aliphatic hydroxyl groups is 1. The van der Waals surface area contributed by atoms with E-state index in [-0.39, 0.29) is 19.4 Å². The van der Waals surface area contributed by atoms with Crippen molar-refractivity contribution in [1.29, 1.82) is 5.39 Å². The van der Waals surface area contributed by atoms with Crippen LogP contribution in [0.3, 0.4) is 0 Å². The fourth-order valence-corrected chi connectivity index (χ4v) is 3.13. The normalized spacial score (nSPS) is 13.0. The molecule has 36 heavy (non-hydrogen) atoms. The largest absolute Gasteiger partial charge is 0.505 e. The van der Waals surface area contributed by atoms with Gasteiger partial charge in [-0.25, -0.2) is 9.59 Å². The van der Waals surface area contributed by atoms with Crippen molar-refractivity contribution >= 4 is 18.0 Å². The lowest BCUT2D eigenvalue weighted by molar-refractivity contribution is -0.158. The maximum atomic E-state index is 13.2. The highest BCUT2D eigenvalue weighted by Crippen LogP contribution is 2.13. The number of hydrogen-bond donors (Lipinski definition) is 3. The van der Waals surface area contributed by atoms with Gasteiger partial charge in [-0.05, 0) is 31.9 Å². The zero-order valence-corrected chi connectivity index (χ0v) is 20.5. The zero-order chi connectivity index (χ0) is 26.6. The summed E-state index contributed by atoms with van der Waals surface area (Å²) in [5.41, 5.74) is 0.679. The number of esters is 1. The van der Waals surface area contributed by atoms with Crippen LogP contribution < -0.4 is 10.6 Å². The highest BCUT2D eigenvalue weighted by atomic mass is 16.6. The van der Waals surface area contributed by atoms with E-state index in [0.717, 1.165) is 17.3 Å². The molecule has 2 aromatic carbocycles. The SMILES string of the molecule is CC(C)(C)OC(=O)[C@H](C/C(O)=C\[N+]#N)NC(=O)[C@H](Cc1ccccc1)NC(=O)OCc1ccccc1. The zero-order valence-electron chi connectivity index (χ0n) is 20.5. The number of rotatable bonds is 10. The summed E-state index contributed by atoms with van der Waals surface area (Å²) in [6, 6.07) is 15.6. The summed E-state index contributed by atoms with van der Waals surface area (Å²) in [7, 11) is 0. The molecule has 2 rings (SSSR count). The first-order chi connectivity index (χ1) is 17.1. The predicted molar refractivity (Wildman–Crippen MR) is 132 cm³/mol. The maximum absolute atomic E-state index is 13.2. The van der Waals surface area contributed by atoms with Gasteiger partial charge in [0, 0.05) is 12.8 Å². The summed E-state index contributed by atoms with van der Waals surface area (Å²) >= 11 is 0. The van der Waals surface area contributed by atoms with E-state index in [2.05, 4.69) is 15.6 Å². The van der Waals surface area contributed by atoms with E-state index in [1.807, 2.05) is 24.3 Å². The van der Waals surface area contributed by atoms with Crippen LogP contribution in [0.2, 0.25) is 0 Å². The van der Waals surface area contributed by atoms with Gasteiger partial charge in [-0.3, -0.25) is 4.79 Å². The standard InChI is InChI=1S/C26H30N4O6/c1-26(2,3)36-24(33)22(15-20(31)16-28-27)29-23(32)21(14-18-10-6-4-7-11-18)30-25(34)35-17-19-12-8-5-9-13-19/h4-13,16,21-22H,14-15,17H2,1-3H3,(H2-,29,30,31,32,34)/p+1/b20-16+/t21-,22-/m0/s1. The number of aliphatic hydroxyl groups excluding tert-OH is 1. The maximum Gasteiger partial charge on any atom is 0.408 e. The average Bonchev–Trinajstić information content (AvgIpc) is 2.82. The van der Waals surface area contributed by atoms with E-state index < -0.39 is 41.4 Å². The van der Waals surface area contributed by atoms with Gasteiger partial charge < -0.3 is 25.2 Å². The molecule has 2 atom stereocenters. The number of hydrogen-bond acceptors (Lipinski definition) is 7. The Balaban J connectivity index is 2.18. The first-order valence-corrected chi connectivity index (χ1v) is 11.3. The second-order valence-electron chi connectivity index (χ2n) is 8.98. The van der Waals surface area contributed by atoms with Crippen LogP contribution in [0.15, 0.2) is 72.6 Å². The fourth-order valence-electron chi connectivity index (χ4n) is 3.13. The summed E-state index contributed by atoms with van der Waals surface area (Å²) in [4.78, 5) is 41.2. The van der Waals surface area contributed by atoms with E-state index in [0.29, 0.717) is 0 Å². The minimum absolute atomic E-state index is 0.0101. The van der Waals surface area contributed by atoms with Crippen molar-refractivity contribution in [1.82, 2.24) is 10.6 Å². The molecule has 0 saturated heterocycles. The number of diazo groups is 1. The van der Waals surface area contributed by atoms with Crippen molar-refractivity contribution in [3.63, 3.8) is 0 Å². The second-order valence-corrected chi connectivity index (χ2v) is 8.98. The average molecular weight is 496 g/mol. The lowest BCUT2D eigenvalue weighted by Gasteiger charge is -2.26. The van der Waals surface area contributed by atoms with Crippen molar-refractivity contribution in [2.45, 2.75) is 57.9 Å². The van der Waals surface area contributed by atoms with Crippen LogP contribution >= 0.6 is 0 Å². The van der Waals surface area contributed by atoms with Gasteiger partial charge in [-0.1, -0.05) is 60.7 Å². The van der Waals surface area contributed by atoms with Crippen LogP contribution in [-0.4, -0.2) is 40.8 Å². The molecule has 0 spiro atoms. The van der Waals surface area contributed by atoms with Gasteiger partial charge in [-0.2, -0.15) is 0 Å². The molecular weight excluding hydrogens is 464 g/mol. The van der Waals surface area contributed by atoms with Gasteiger partial charge in [0.25, 0.3) is 0 Å². The topological polar surface area (TPSA) is 142 Å². The molecule has 0 aromatic heterocycles. The number of carbonyl (C=O) groups is 3. The Labute approximate surface area is 209 Å². The lowest BCUT2D eigenvalue weighted by Crippen LogP contribution is -2.53. The molecule has 0 heterocycles. The monoisotopic (exact) mass is 495 g/mol. The van der Waals surface area contributed by atoms with E-state index in [1.54, 1.807) is 57.2 Å². The number of nitrogens with one attached hydrogen (secondary N) is 2. The van der Waals surface area contributed by atoms with Crippen LogP contribution in [0, 0.1) is 5.39 Å². The lowest BCUT2D eigenvalue weighted by atomic mass is 10.0. The molecule has 10 nitrogen and oxygen atoms in total. The van der Waals surface area contributed by atoms with Crippen molar-refractivity contribution in [3.8, 4) is 0 Å². The Hall–Kier alpha value is -4.39. The highest BCUT2D eigenvalue weighted by Gasteiger charge is 2.31. The molecule has 0 unspecified atom stereocenters. The number of benzene rings is 2. The van der Waals surface area contributed by atoms with Crippen LogP contribution in [0.25, 0.3) is 4.98 Å². The van der Waals surface area contributed by atoms with Gasteiger partial charge in [0.1, 0.15) is 24.3 Å². The van der Waals surface area contributed by atoms with Crippen molar-refractivity contribution in [2.24, 2.45) is 0 Å². The van der Waals surface area contributed by atoms with Crippen molar-refractivity contribution < 1.29 is 29.0 Å². The molecule has 2 aromatic rings. The Kier molecular flexibility index (Phi) is 10.4. The van der Waals surface area contributed by atoms with Gasteiger partial charge in [0.05, 0.1) is 0 Å². The Morgan fingerprint density at radius 2 is 1.56 bits per heavy atom. The first kappa shape index (κ1) is 27.9. The number of alkyl carbamates (subject to hydrolysis) is 1. The molecule has 0 bridgehead atoms. The molecule has 0 aliphatic carbocycles. The summed E-state index contributed by atoms with van der Waals surface area (Å²) in [5, 5.41) is 23.7. The molecule has 190 valence electrons. The third-order valence-corrected chi connectivity index (χ3v) is 4.73. The third kappa shape index (κ3) is 10.3. The minimum Gasteiger partial charge on any atom is -0.505 e. The smallest absolute Gasteiger partial charge is 0.408 e. The Bertz CT molecular complexity index is 1090. The van der Waals surface area contributed by atoms with Crippen LogP contribution in [0.4, 0.5) is 4.79 Å². The van der Waals surface area contributed by atoms with E-state index >= 15 is 0 Å². The Morgan fingerprint density at radius 1 is 0.972 bits per heavy atom. The molecule has 0 aliphatic rings. The summed E-state index contributed by atoms with van der Waals surface area (Å²) in [6.07, 6.45) is -0.349. The number of carbonyl (C=O) groups excluding carboxylic acids is 3. The Morgan fingerprint density at radius 3 is 2.11 bits per heavy atom. The molecular formula is C26H31N4O6+. The van der Waals surface area contributed by atoms with Crippen LogP contribution in [0.1, 0.15) is 38.3 Å². The molecule has 3 N–H and O–H groups in total. The molecule has 0 radical (unpaired) electrons. The molecule has 2 amide bonds. The summed E-state index contributed by atoms with van der Waals surface area (Å²) < 4.78 is 10.6. The van der Waals surface area contributed by atoms with E-state index in [1.165, 1.54) is 0 Å². The van der Waals surface area contributed by atoms with Crippen LogP contribution in [0.5, 0.6) is 0 Å². The first-order valence-electron chi connectivity index (χ1n) is 11.3. The molecule has 0 saturated carbocycles. The minimum atomic E-state index is -1.31. The van der Waals surface area contributed by atoms with Gasteiger partial charge in [-0.15, -0.1) is 0 Å². The molecule has 0 fully saturated rings. The van der Waals surface area contributed by atoms with Crippen LogP contribution in [-0.2, 0) is 32.1 Å². The van der Waals surface area contributed by atoms with Gasteiger partial charge in [0.15, 0.2) is 10.7 Å². The second kappa shape index (κ2) is 13.5. The van der Waals surface area contributed by atoms with E-state index in [4.69, 9.17) is 14.9 Å². The highest BCUT2D eigenvalue weighted by molar-refractivity contribution is 5.90. The number of nitrogens with zero attached hydrogens (tertiary/aromatic N) is 2.